The molecule has 19 heavy (non-hydrogen) atoms. The molecule has 2 unspecified atom stereocenters. The number of nitrogens with one attached hydrogen (secondary N) is 1. The molecule has 2 atom stereocenters. The molecule has 0 aliphatic heterocycles. The van der Waals surface area contributed by atoms with Crippen molar-refractivity contribution >= 4 is 0 Å². The Morgan fingerprint density at radius 3 is 2.53 bits per heavy atom. The molecule has 0 bridgehead atoms. The van der Waals surface area contributed by atoms with E-state index in [4.69, 9.17) is 5.10 Å². The molecule has 3 heteroatoms. The van der Waals surface area contributed by atoms with E-state index in [0.29, 0.717) is 17.5 Å². The summed E-state index contributed by atoms with van der Waals surface area (Å²) < 4.78 is 2.30. The zero-order chi connectivity index (χ0) is 14.2. The van der Waals surface area contributed by atoms with Gasteiger partial charge in [-0.05, 0) is 50.6 Å². The first-order valence-electron chi connectivity index (χ1n) is 7.70. The molecule has 108 valence electrons. The average molecular weight is 263 g/mol. The van der Waals surface area contributed by atoms with Gasteiger partial charge in [0.25, 0.3) is 0 Å². The summed E-state index contributed by atoms with van der Waals surface area (Å²) in [5.74, 6) is 0. The van der Waals surface area contributed by atoms with Gasteiger partial charge in [-0.15, -0.1) is 0 Å². The van der Waals surface area contributed by atoms with E-state index in [1.54, 1.807) is 0 Å². The van der Waals surface area contributed by atoms with E-state index >= 15 is 0 Å². The Morgan fingerprint density at radius 2 is 2.00 bits per heavy atom. The van der Waals surface area contributed by atoms with Gasteiger partial charge >= 0.3 is 0 Å². The summed E-state index contributed by atoms with van der Waals surface area (Å²) in [5.41, 5.74) is 4.37. The van der Waals surface area contributed by atoms with Crippen LogP contribution in [0.4, 0.5) is 0 Å². The minimum absolute atomic E-state index is 0.360. The zero-order valence-electron chi connectivity index (χ0n) is 13.4. The van der Waals surface area contributed by atoms with Crippen LogP contribution in [0.5, 0.6) is 0 Å². The second-order valence-corrected chi connectivity index (χ2v) is 6.58. The largest absolute Gasteiger partial charge is 0.312 e. The molecule has 1 aromatic heterocycles. The standard InChI is InChI=1S/C16H29N3/c1-7-13-11(3)18-19(12(13)4)14-9-10-16(5,6)15(14)17-8-2/h14-15,17H,7-10H2,1-6H3. The predicted molar refractivity (Wildman–Crippen MR) is 80.6 cm³/mol. The molecule has 1 saturated carbocycles. The summed E-state index contributed by atoms with van der Waals surface area (Å²) in [5, 5.41) is 8.53. The average Bonchev–Trinajstić information content (AvgIpc) is 2.78. The van der Waals surface area contributed by atoms with Crippen molar-refractivity contribution in [1.29, 1.82) is 0 Å². The molecule has 0 amide bonds. The fraction of sp³-hybridized carbons (Fsp3) is 0.812. The van der Waals surface area contributed by atoms with E-state index in [2.05, 4.69) is 51.5 Å². The van der Waals surface area contributed by atoms with Crippen molar-refractivity contribution < 1.29 is 0 Å². The van der Waals surface area contributed by atoms with Gasteiger partial charge in [-0.3, -0.25) is 4.68 Å². The Morgan fingerprint density at radius 1 is 1.32 bits per heavy atom. The van der Waals surface area contributed by atoms with Crippen LogP contribution in [0.25, 0.3) is 0 Å². The highest BCUT2D eigenvalue weighted by Crippen LogP contribution is 2.44. The van der Waals surface area contributed by atoms with Gasteiger partial charge in [0.2, 0.25) is 0 Å². The molecule has 0 radical (unpaired) electrons. The van der Waals surface area contributed by atoms with Crippen molar-refractivity contribution in [2.45, 2.75) is 72.9 Å². The van der Waals surface area contributed by atoms with Gasteiger partial charge in [0, 0.05) is 11.7 Å². The van der Waals surface area contributed by atoms with Gasteiger partial charge in [0.15, 0.2) is 0 Å². The van der Waals surface area contributed by atoms with E-state index in [1.165, 1.54) is 29.8 Å². The Labute approximate surface area is 117 Å². The first kappa shape index (κ1) is 14.6. The van der Waals surface area contributed by atoms with E-state index in [9.17, 15) is 0 Å². The van der Waals surface area contributed by atoms with Crippen molar-refractivity contribution in [2.75, 3.05) is 6.54 Å². The van der Waals surface area contributed by atoms with Crippen LogP contribution in [0, 0.1) is 19.3 Å². The quantitative estimate of drug-likeness (QED) is 0.902. The first-order valence-corrected chi connectivity index (χ1v) is 7.70. The maximum absolute atomic E-state index is 4.84. The predicted octanol–water partition coefficient (Wildman–Crippen LogP) is 3.40. The summed E-state index contributed by atoms with van der Waals surface area (Å²) in [4.78, 5) is 0. The van der Waals surface area contributed by atoms with Crippen molar-refractivity contribution in [1.82, 2.24) is 15.1 Å². The summed E-state index contributed by atoms with van der Waals surface area (Å²) in [7, 11) is 0. The minimum atomic E-state index is 0.360. The minimum Gasteiger partial charge on any atom is -0.312 e. The second-order valence-electron chi connectivity index (χ2n) is 6.58. The molecule has 2 rings (SSSR count). The molecule has 1 aliphatic rings. The van der Waals surface area contributed by atoms with Gasteiger partial charge in [-0.2, -0.15) is 5.10 Å². The molecule has 1 fully saturated rings. The number of rotatable bonds is 4. The monoisotopic (exact) mass is 263 g/mol. The Hall–Kier alpha value is -0.830. The molecule has 0 saturated heterocycles. The van der Waals surface area contributed by atoms with Crippen LogP contribution in [0.1, 0.15) is 63.5 Å². The van der Waals surface area contributed by atoms with Gasteiger partial charge in [-0.25, -0.2) is 0 Å². The van der Waals surface area contributed by atoms with Crippen LogP contribution in [-0.4, -0.2) is 22.4 Å². The van der Waals surface area contributed by atoms with Gasteiger partial charge in [0.1, 0.15) is 0 Å². The summed E-state index contributed by atoms with van der Waals surface area (Å²) in [6.07, 6.45) is 3.59. The van der Waals surface area contributed by atoms with Crippen molar-refractivity contribution in [3.8, 4) is 0 Å². The third kappa shape index (κ3) is 2.45. The fourth-order valence-corrected chi connectivity index (χ4v) is 3.79. The van der Waals surface area contributed by atoms with E-state index in [1.807, 2.05) is 0 Å². The lowest BCUT2D eigenvalue weighted by Gasteiger charge is -2.32. The fourth-order valence-electron chi connectivity index (χ4n) is 3.79. The molecule has 1 heterocycles. The Kier molecular flexibility index (Phi) is 4.05. The van der Waals surface area contributed by atoms with E-state index in [0.717, 1.165) is 13.0 Å². The van der Waals surface area contributed by atoms with Crippen molar-refractivity contribution in [3.63, 3.8) is 0 Å². The van der Waals surface area contributed by atoms with Crippen molar-refractivity contribution in [2.24, 2.45) is 5.41 Å². The lowest BCUT2D eigenvalue weighted by molar-refractivity contribution is 0.243. The topological polar surface area (TPSA) is 29.9 Å². The maximum Gasteiger partial charge on any atom is 0.0680 e. The summed E-state index contributed by atoms with van der Waals surface area (Å²) in [6, 6.07) is 1.04. The smallest absolute Gasteiger partial charge is 0.0680 e. The summed E-state index contributed by atoms with van der Waals surface area (Å²) >= 11 is 0. The molecule has 1 N–H and O–H groups in total. The van der Waals surface area contributed by atoms with Crippen molar-refractivity contribution in [3.05, 3.63) is 17.0 Å². The lowest BCUT2D eigenvalue weighted by atomic mass is 9.86. The van der Waals surface area contributed by atoms with Crippen LogP contribution in [0.15, 0.2) is 0 Å². The van der Waals surface area contributed by atoms with Crippen LogP contribution >= 0.6 is 0 Å². The molecule has 1 aromatic rings. The molecule has 0 aromatic carbocycles. The third-order valence-electron chi connectivity index (χ3n) is 4.88. The lowest BCUT2D eigenvalue weighted by Crippen LogP contribution is -2.43. The highest BCUT2D eigenvalue weighted by molar-refractivity contribution is 5.25. The molecule has 3 nitrogen and oxygen atoms in total. The third-order valence-corrected chi connectivity index (χ3v) is 4.88. The molecular weight excluding hydrogens is 234 g/mol. The first-order chi connectivity index (χ1) is 8.92. The van der Waals surface area contributed by atoms with Crippen LogP contribution in [0.2, 0.25) is 0 Å². The highest BCUT2D eigenvalue weighted by atomic mass is 15.3. The van der Waals surface area contributed by atoms with E-state index < -0.39 is 0 Å². The van der Waals surface area contributed by atoms with Crippen LogP contribution in [-0.2, 0) is 6.42 Å². The number of likely N-dealkylation sites (N-methyl/N-ethyl adjacent to an activating group) is 1. The normalized spacial score (nSPS) is 26.0. The summed E-state index contributed by atoms with van der Waals surface area (Å²) in [6.45, 7) is 14.6. The number of hydrogen-bond acceptors (Lipinski definition) is 2. The number of nitrogens with zero attached hydrogens (tertiary/aromatic N) is 2. The van der Waals surface area contributed by atoms with Gasteiger partial charge < -0.3 is 5.32 Å². The molecule has 1 aliphatic carbocycles. The van der Waals surface area contributed by atoms with Gasteiger partial charge in [0.05, 0.1) is 11.7 Å². The van der Waals surface area contributed by atoms with Crippen LogP contribution in [0.3, 0.4) is 0 Å². The molecular formula is C16H29N3. The number of aryl methyl sites for hydroxylation is 1. The maximum atomic E-state index is 4.84. The second kappa shape index (κ2) is 5.28. The van der Waals surface area contributed by atoms with E-state index in [-0.39, 0.29) is 0 Å². The Bertz CT molecular complexity index is 445. The number of hydrogen-bond donors (Lipinski definition) is 1. The zero-order valence-corrected chi connectivity index (χ0v) is 13.4. The molecule has 0 spiro atoms. The highest BCUT2D eigenvalue weighted by Gasteiger charge is 2.43. The van der Waals surface area contributed by atoms with Gasteiger partial charge in [-0.1, -0.05) is 27.7 Å². The SMILES string of the molecule is CCNC1C(n2nc(C)c(CC)c2C)CCC1(C)C. The van der Waals surface area contributed by atoms with Crippen LogP contribution < -0.4 is 5.32 Å². The number of aromatic nitrogens is 2. The Balaban J connectivity index is 2.36.